The standard InChI is InChI=1S/C19H21NO3S/c1-13-8-9-15(3)17(10-13)24-12-19(22)23-11-18(21)20-16-7-5-4-6-14(16)2/h4-10H,11-12H2,1-3H3,(H,20,21). The van der Waals surface area contributed by atoms with Crippen molar-refractivity contribution in [2.45, 2.75) is 25.7 Å². The molecule has 0 spiro atoms. The van der Waals surface area contributed by atoms with Crippen molar-refractivity contribution in [1.29, 1.82) is 0 Å². The fourth-order valence-electron chi connectivity index (χ4n) is 2.09. The van der Waals surface area contributed by atoms with Gasteiger partial charge in [-0.1, -0.05) is 35.9 Å². The molecule has 126 valence electrons. The second-order valence-corrected chi connectivity index (χ2v) is 6.60. The fourth-order valence-corrected chi connectivity index (χ4v) is 3.01. The molecule has 2 aromatic rings. The monoisotopic (exact) mass is 343 g/mol. The largest absolute Gasteiger partial charge is 0.455 e. The van der Waals surface area contributed by atoms with Crippen molar-refractivity contribution >= 4 is 29.3 Å². The molecule has 2 aromatic carbocycles. The Kier molecular flexibility index (Phi) is 6.44. The predicted molar refractivity (Wildman–Crippen MR) is 97.4 cm³/mol. The molecule has 5 heteroatoms. The van der Waals surface area contributed by atoms with Gasteiger partial charge in [-0.05, 0) is 44.0 Å². The van der Waals surface area contributed by atoms with E-state index in [0.717, 1.165) is 27.3 Å². The number of anilines is 1. The van der Waals surface area contributed by atoms with Crippen LogP contribution in [0.1, 0.15) is 16.7 Å². The Morgan fingerprint density at radius 3 is 2.54 bits per heavy atom. The summed E-state index contributed by atoms with van der Waals surface area (Å²) in [5.74, 6) is -0.558. The molecule has 24 heavy (non-hydrogen) atoms. The van der Waals surface area contributed by atoms with Gasteiger partial charge in [0.25, 0.3) is 5.91 Å². The summed E-state index contributed by atoms with van der Waals surface area (Å²) in [6.45, 7) is 5.64. The Labute approximate surface area is 146 Å². The molecule has 0 aliphatic rings. The minimum absolute atomic E-state index is 0.182. The zero-order valence-electron chi connectivity index (χ0n) is 14.1. The first-order chi connectivity index (χ1) is 11.5. The van der Waals surface area contributed by atoms with Gasteiger partial charge in [0.1, 0.15) is 0 Å². The topological polar surface area (TPSA) is 55.4 Å². The number of carbonyl (C=O) groups excluding carboxylic acids is 2. The first-order valence-electron chi connectivity index (χ1n) is 7.67. The number of ether oxygens (including phenoxy) is 1. The van der Waals surface area contributed by atoms with Crippen LogP contribution < -0.4 is 5.32 Å². The summed E-state index contributed by atoms with van der Waals surface area (Å²) >= 11 is 1.42. The number of amides is 1. The van der Waals surface area contributed by atoms with E-state index in [9.17, 15) is 9.59 Å². The van der Waals surface area contributed by atoms with Crippen molar-refractivity contribution < 1.29 is 14.3 Å². The normalized spacial score (nSPS) is 10.3. The third-order valence-corrected chi connectivity index (χ3v) is 4.60. The molecule has 0 aliphatic carbocycles. The number of para-hydroxylation sites is 1. The summed E-state index contributed by atoms with van der Waals surface area (Å²) in [4.78, 5) is 24.7. The molecule has 2 rings (SSSR count). The molecule has 0 saturated heterocycles. The van der Waals surface area contributed by atoms with Crippen molar-refractivity contribution in [3.63, 3.8) is 0 Å². The summed E-state index contributed by atoms with van der Waals surface area (Å²) < 4.78 is 5.04. The predicted octanol–water partition coefficient (Wildman–Crippen LogP) is 3.89. The van der Waals surface area contributed by atoms with Gasteiger partial charge in [-0.2, -0.15) is 0 Å². The van der Waals surface area contributed by atoms with Crippen molar-refractivity contribution in [2.75, 3.05) is 17.7 Å². The lowest BCUT2D eigenvalue weighted by Gasteiger charge is -2.09. The van der Waals surface area contributed by atoms with Crippen molar-refractivity contribution in [2.24, 2.45) is 0 Å². The fraction of sp³-hybridized carbons (Fsp3) is 0.263. The quantitative estimate of drug-likeness (QED) is 0.639. The molecule has 0 bridgehead atoms. The van der Waals surface area contributed by atoms with Crippen LogP contribution in [0.3, 0.4) is 0 Å². The molecule has 0 unspecified atom stereocenters. The van der Waals surface area contributed by atoms with Gasteiger partial charge in [0.05, 0.1) is 5.75 Å². The number of rotatable bonds is 6. The van der Waals surface area contributed by atoms with Crippen LogP contribution in [0.15, 0.2) is 47.4 Å². The van der Waals surface area contributed by atoms with Crippen LogP contribution in [0.25, 0.3) is 0 Å². The lowest BCUT2D eigenvalue weighted by molar-refractivity contribution is -0.144. The Morgan fingerprint density at radius 2 is 1.79 bits per heavy atom. The van der Waals surface area contributed by atoms with Gasteiger partial charge in [-0.25, -0.2) is 0 Å². The maximum Gasteiger partial charge on any atom is 0.316 e. The van der Waals surface area contributed by atoms with Gasteiger partial charge >= 0.3 is 5.97 Å². The number of benzene rings is 2. The van der Waals surface area contributed by atoms with Crippen LogP contribution in [0.2, 0.25) is 0 Å². The summed E-state index contributed by atoms with van der Waals surface area (Å²) in [5.41, 5.74) is 3.95. The number of nitrogens with one attached hydrogen (secondary N) is 1. The van der Waals surface area contributed by atoms with Gasteiger partial charge in [0, 0.05) is 10.6 Å². The van der Waals surface area contributed by atoms with Crippen LogP contribution in [0.5, 0.6) is 0 Å². The Hall–Kier alpha value is -2.27. The summed E-state index contributed by atoms with van der Waals surface area (Å²) in [6, 6.07) is 13.6. The average molecular weight is 343 g/mol. The third kappa shape index (κ3) is 5.42. The molecule has 0 fully saturated rings. The van der Waals surface area contributed by atoms with Gasteiger partial charge in [-0.15, -0.1) is 11.8 Å². The SMILES string of the molecule is Cc1ccc(C)c(SCC(=O)OCC(=O)Nc2ccccc2C)c1. The first-order valence-corrected chi connectivity index (χ1v) is 8.65. The van der Waals surface area contributed by atoms with E-state index in [2.05, 4.69) is 5.32 Å². The van der Waals surface area contributed by atoms with E-state index >= 15 is 0 Å². The number of hydrogen-bond donors (Lipinski definition) is 1. The van der Waals surface area contributed by atoms with Gasteiger partial charge in [-0.3, -0.25) is 9.59 Å². The number of aryl methyl sites for hydroxylation is 3. The Bertz CT molecular complexity index is 743. The number of esters is 1. The van der Waals surface area contributed by atoms with Crippen LogP contribution in [-0.4, -0.2) is 24.2 Å². The van der Waals surface area contributed by atoms with E-state index < -0.39 is 5.97 Å². The molecule has 0 aromatic heterocycles. The van der Waals surface area contributed by atoms with Crippen LogP contribution in [0, 0.1) is 20.8 Å². The molecule has 0 heterocycles. The maximum atomic E-state index is 11.8. The van der Waals surface area contributed by atoms with Crippen LogP contribution in [-0.2, 0) is 14.3 Å². The lowest BCUT2D eigenvalue weighted by Crippen LogP contribution is -2.22. The molecule has 1 N–H and O–H groups in total. The van der Waals surface area contributed by atoms with E-state index in [0.29, 0.717) is 0 Å². The zero-order valence-corrected chi connectivity index (χ0v) is 14.9. The van der Waals surface area contributed by atoms with E-state index in [1.54, 1.807) is 0 Å². The smallest absolute Gasteiger partial charge is 0.316 e. The zero-order chi connectivity index (χ0) is 17.5. The first kappa shape index (κ1) is 18.1. The Morgan fingerprint density at radius 1 is 1.04 bits per heavy atom. The lowest BCUT2D eigenvalue weighted by atomic mass is 10.2. The summed E-state index contributed by atoms with van der Waals surface area (Å²) in [7, 11) is 0. The molecule has 0 radical (unpaired) electrons. The van der Waals surface area contributed by atoms with Crippen molar-refractivity contribution in [1.82, 2.24) is 0 Å². The van der Waals surface area contributed by atoms with E-state index in [1.807, 2.05) is 63.2 Å². The second kappa shape index (κ2) is 8.55. The Balaban J connectivity index is 1.77. The summed E-state index contributed by atoms with van der Waals surface area (Å²) in [6.07, 6.45) is 0. The van der Waals surface area contributed by atoms with Crippen LogP contribution in [0.4, 0.5) is 5.69 Å². The molecule has 0 saturated carbocycles. The van der Waals surface area contributed by atoms with E-state index in [-0.39, 0.29) is 18.3 Å². The molecule has 4 nitrogen and oxygen atoms in total. The maximum absolute atomic E-state index is 11.8. The number of hydrogen-bond acceptors (Lipinski definition) is 4. The summed E-state index contributed by atoms with van der Waals surface area (Å²) in [5, 5.41) is 2.73. The highest BCUT2D eigenvalue weighted by Gasteiger charge is 2.10. The number of carbonyl (C=O) groups is 2. The van der Waals surface area contributed by atoms with Gasteiger partial charge < -0.3 is 10.1 Å². The minimum Gasteiger partial charge on any atom is -0.455 e. The highest BCUT2D eigenvalue weighted by Crippen LogP contribution is 2.23. The van der Waals surface area contributed by atoms with Crippen molar-refractivity contribution in [3.05, 3.63) is 59.2 Å². The van der Waals surface area contributed by atoms with Gasteiger partial charge in [0.2, 0.25) is 0 Å². The molecular weight excluding hydrogens is 322 g/mol. The number of thioether (sulfide) groups is 1. The minimum atomic E-state index is -0.402. The molecule has 1 amide bonds. The van der Waals surface area contributed by atoms with Crippen molar-refractivity contribution in [3.8, 4) is 0 Å². The highest BCUT2D eigenvalue weighted by molar-refractivity contribution is 8.00. The molecule has 0 atom stereocenters. The average Bonchev–Trinajstić information content (AvgIpc) is 2.56. The molecular formula is C19H21NO3S. The van der Waals surface area contributed by atoms with E-state index in [4.69, 9.17) is 4.74 Å². The third-order valence-electron chi connectivity index (χ3n) is 3.47. The van der Waals surface area contributed by atoms with E-state index in [1.165, 1.54) is 11.8 Å². The second-order valence-electron chi connectivity index (χ2n) is 5.58. The van der Waals surface area contributed by atoms with Gasteiger partial charge in [0.15, 0.2) is 6.61 Å². The highest BCUT2D eigenvalue weighted by atomic mass is 32.2. The molecule has 0 aliphatic heterocycles. The van der Waals surface area contributed by atoms with Crippen LogP contribution >= 0.6 is 11.8 Å².